The van der Waals surface area contributed by atoms with Gasteiger partial charge in [-0.1, -0.05) is 109 Å². The van der Waals surface area contributed by atoms with Crippen molar-refractivity contribution in [3.8, 4) is 22.5 Å². The predicted molar refractivity (Wildman–Crippen MR) is 193 cm³/mol. The number of hydrogen-bond acceptors (Lipinski definition) is 1. The van der Waals surface area contributed by atoms with Gasteiger partial charge < -0.3 is 9.13 Å². The molecular weight excluding hydrogens is 558 g/mol. The first-order chi connectivity index (χ1) is 22.8. The van der Waals surface area contributed by atoms with E-state index in [1.807, 2.05) is 0 Å². The maximum Gasteiger partial charge on any atom is 0.0970 e. The SMILES string of the molecule is c1ccc(-c2ccc(-n3c4ccccc4c4cnc5c(ccc6c7cc8ccccc8cc7n(-c7ccccc7)c65)c43)cc2)cc1. The van der Waals surface area contributed by atoms with Crippen LogP contribution in [0.1, 0.15) is 0 Å². The van der Waals surface area contributed by atoms with Crippen molar-refractivity contribution in [3.63, 3.8) is 0 Å². The standard InChI is InChI=1S/C43H27N3/c1-3-11-28(12-4-1)29-19-21-33(22-20-29)45-39-18-10-9-17-34(39)38-27-44-41-36(42(38)45)24-23-35-37-25-30-13-7-8-14-31(30)26-40(37)46(43(35)41)32-15-5-2-6-16-32/h1-27H. The largest absolute Gasteiger partial charge is 0.309 e. The monoisotopic (exact) mass is 585 g/mol. The van der Waals surface area contributed by atoms with Gasteiger partial charge in [0.25, 0.3) is 0 Å². The van der Waals surface area contributed by atoms with Crippen molar-refractivity contribution in [2.45, 2.75) is 0 Å². The molecule has 10 rings (SSSR count). The Balaban J connectivity index is 1.33. The molecule has 0 aliphatic rings. The molecule has 0 saturated carbocycles. The lowest BCUT2D eigenvalue weighted by molar-refractivity contribution is 1.18. The van der Waals surface area contributed by atoms with Crippen molar-refractivity contribution in [2.24, 2.45) is 0 Å². The van der Waals surface area contributed by atoms with Crippen LogP contribution in [0.4, 0.5) is 0 Å². The third-order valence-electron chi connectivity index (χ3n) is 9.51. The van der Waals surface area contributed by atoms with E-state index in [1.165, 1.54) is 54.6 Å². The second kappa shape index (κ2) is 9.65. The molecule has 0 N–H and O–H groups in total. The van der Waals surface area contributed by atoms with E-state index in [4.69, 9.17) is 4.98 Å². The number of pyridine rings is 1. The average Bonchev–Trinajstić information content (AvgIpc) is 3.64. The van der Waals surface area contributed by atoms with Crippen LogP contribution in [-0.2, 0) is 0 Å². The van der Waals surface area contributed by atoms with E-state index in [2.05, 4.69) is 173 Å². The zero-order valence-electron chi connectivity index (χ0n) is 24.9. The lowest BCUT2D eigenvalue weighted by atomic mass is 10.0. The van der Waals surface area contributed by atoms with Crippen LogP contribution < -0.4 is 0 Å². The third kappa shape index (κ3) is 3.57. The second-order valence-electron chi connectivity index (χ2n) is 12.0. The van der Waals surface area contributed by atoms with Gasteiger partial charge in [-0.15, -0.1) is 0 Å². The van der Waals surface area contributed by atoms with Crippen LogP contribution in [0, 0.1) is 0 Å². The van der Waals surface area contributed by atoms with E-state index in [9.17, 15) is 0 Å². The molecule has 3 heteroatoms. The quantitative estimate of drug-likeness (QED) is 0.202. The Labute approximate surface area is 265 Å². The molecule has 0 saturated heterocycles. The Hall–Kier alpha value is -6.19. The molecule has 0 radical (unpaired) electrons. The number of nitrogens with zero attached hydrogens (tertiary/aromatic N) is 3. The van der Waals surface area contributed by atoms with E-state index in [-0.39, 0.29) is 0 Å². The van der Waals surface area contributed by atoms with E-state index >= 15 is 0 Å². The average molecular weight is 586 g/mol. The Morgan fingerprint density at radius 1 is 0.370 bits per heavy atom. The van der Waals surface area contributed by atoms with Gasteiger partial charge in [-0.2, -0.15) is 0 Å². The molecule has 3 aromatic heterocycles. The molecule has 214 valence electrons. The third-order valence-corrected chi connectivity index (χ3v) is 9.51. The van der Waals surface area contributed by atoms with Crippen LogP contribution in [0.2, 0.25) is 0 Å². The molecular formula is C43H27N3. The van der Waals surface area contributed by atoms with E-state index < -0.39 is 0 Å². The molecule has 7 aromatic carbocycles. The zero-order chi connectivity index (χ0) is 30.2. The molecule has 0 aliphatic heterocycles. The summed E-state index contributed by atoms with van der Waals surface area (Å²) < 4.78 is 4.82. The fourth-order valence-electron chi connectivity index (χ4n) is 7.43. The van der Waals surface area contributed by atoms with Gasteiger partial charge in [0.05, 0.1) is 27.6 Å². The minimum absolute atomic E-state index is 0.999. The van der Waals surface area contributed by atoms with Gasteiger partial charge in [-0.05, 0) is 70.4 Å². The van der Waals surface area contributed by atoms with Gasteiger partial charge in [0.2, 0.25) is 0 Å². The lowest BCUT2D eigenvalue weighted by Crippen LogP contribution is -1.97. The molecule has 0 amide bonds. The number of rotatable bonds is 3. The smallest absolute Gasteiger partial charge is 0.0970 e. The summed E-state index contributed by atoms with van der Waals surface area (Å²) in [6, 6.07) is 56.7. The van der Waals surface area contributed by atoms with Crippen molar-refractivity contribution >= 4 is 65.3 Å². The van der Waals surface area contributed by atoms with Crippen molar-refractivity contribution in [1.82, 2.24) is 14.1 Å². The summed E-state index contributed by atoms with van der Waals surface area (Å²) in [7, 11) is 0. The van der Waals surface area contributed by atoms with Gasteiger partial charge in [0, 0.05) is 44.5 Å². The molecule has 0 aliphatic carbocycles. The van der Waals surface area contributed by atoms with Crippen LogP contribution >= 0.6 is 0 Å². The topological polar surface area (TPSA) is 22.8 Å². The van der Waals surface area contributed by atoms with E-state index in [0.717, 1.165) is 33.2 Å². The first kappa shape index (κ1) is 25.2. The molecule has 0 fully saturated rings. The molecule has 0 unspecified atom stereocenters. The summed E-state index contributed by atoms with van der Waals surface area (Å²) in [4.78, 5) is 5.27. The number of fused-ring (bicyclic) bond motifs is 10. The molecule has 0 bridgehead atoms. The minimum atomic E-state index is 0.999. The van der Waals surface area contributed by atoms with Crippen LogP contribution in [0.3, 0.4) is 0 Å². The first-order valence-corrected chi connectivity index (χ1v) is 15.7. The van der Waals surface area contributed by atoms with Gasteiger partial charge in [-0.3, -0.25) is 4.98 Å². The number of aromatic nitrogens is 3. The first-order valence-electron chi connectivity index (χ1n) is 15.7. The highest BCUT2D eigenvalue weighted by Crippen LogP contribution is 2.42. The highest BCUT2D eigenvalue weighted by Gasteiger charge is 2.21. The fraction of sp³-hybridized carbons (Fsp3) is 0. The van der Waals surface area contributed by atoms with Crippen molar-refractivity contribution in [1.29, 1.82) is 0 Å². The summed E-state index contributed by atoms with van der Waals surface area (Å²) in [5, 5.41) is 8.41. The van der Waals surface area contributed by atoms with Crippen molar-refractivity contribution in [2.75, 3.05) is 0 Å². The summed E-state index contributed by atoms with van der Waals surface area (Å²) in [5.74, 6) is 0. The van der Waals surface area contributed by atoms with E-state index in [0.29, 0.717) is 0 Å². The summed E-state index contributed by atoms with van der Waals surface area (Å²) >= 11 is 0. The van der Waals surface area contributed by atoms with Gasteiger partial charge in [-0.25, -0.2) is 0 Å². The fourth-order valence-corrected chi connectivity index (χ4v) is 7.43. The molecule has 10 aromatic rings. The number of para-hydroxylation sites is 2. The minimum Gasteiger partial charge on any atom is -0.309 e. The molecule has 0 spiro atoms. The highest BCUT2D eigenvalue weighted by molar-refractivity contribution is 6.25. The second-order valence-corrected chi connectivity index (χ2v) is 12.0. The summed E-state index contributed by atoms with van der Waals surface area (Å²) in [6.07, 6.45) is 2.08. The zero-order valence-corrected chi connectivity index (χ0v) is 24.9. The van der Waals surface area contributed by atoms with Crippen molar-refractivity contribution in [3.05, 3.63) is 164 Å². The Bertz CT molecular complexity index is 2770. The van der Waals surface area contributed by atoms with Crippen LogP contribution in [0.5, 0.6) is 0 Å². The van der Waals surface area contributed by atoms with Crippen LogP contribution in [0.15, 0.2) is 164 Å². The van der Waals surface area contributed by atoms with E-state index in [1.54, 1.807) is 0 Å². The van der Waals surface area contributed by atoms with Crippen molar-refractivity contribution < 1.29 is 0 Å². The summed E-state index contributed by atoms with van der Waals surface area (Å²) in [5.41, 5.74) is 10.4. The van der Waals surface area contributed by atoms with Gasteiger partial charge in [0.1, 0.15) is 0 Å². The molecule has 3 nitrogen and oxygen atoms in total. The maximum absolute atomic E-state index is 5.27. The lowest BCUT2D eigenvalue weighted by Gasteiger charge is -2.12. The van der Waals surface area contributed by atoms with Crippen LogP contribution in [0.25, 0.3) is 87.8 Å². The molecule has 0 atom stereocenters. The normalized spacial score (nSPS) is 11.9. The Morgan fingerprint density at radius 3 is 1.78 bits per heavy atom. The summed E-state index contributed by atoms with van der Waals surface area (Å²) in [6.45, 7) is 0. The Kier molecular flexibility index (Phi) is 5.28. The predicted octanol–water partition coefficient (Wildman–Crippen LogP) is 11.2. The molecule has 3 heterocycles. The number of benzene rings is 7. The maximum atomic E-state index is 5.27. The Morgan fingerprint density at radius 2 is 0.978 bits per heavy atom. The number of hydrogen-bond donors (Lipinski definition) is 0. The highest BCUT2D eigenvalue weighted by atomic mass is 15.0. The van der Waals surface area contributed by atoms with Gasteiger partial charge in [0.15, 0.2) is 0 Å². The molecule has 46 heavy (non-hydrogen) atoms. The van der Waals surface area contributed by atoms with Crippen LogP contribution in [-0.4, -0.2) is 14.1 Å². The van der Waals surface area contributed by atoms with Gasteiger partial charge >= 0.3 is 0 Å².